The Balaban J connectivity index is 2.99. The van der Waals surface area contributed by atoms with E-state index in [-0.39, 0.29) is 0 Å². The molecule has 0 aliphatic carbocycles. The van der Waals surface area contributed by atoms with Crippen LogP contribution in [0, 0.1) is 0 Å². The van der Waals surface area contributed by atoms with Gasteiger partial charge in [0.05, 0.1) is 0 Å². The van der Waals surface area contributed by atoms with E-state index in [1.165, 1.54) is 11.1 Å². The molecule has 0 saturated carbocycles. The molecule has 1 aromatic rings. The maximum absolute atomic E-state index is 6.01. The Kier molecular flexibility index (Phi) is 2.95. The minimum Gasteiger partial charge on any atom is -0.0840 e. The Labute approximate surface area is 73.2 Å². The summed E-state index contributed by atoms with van der Waals surface area (Å²) in [6.45, 7) is 4.25. The third-order valence-corrected chi connectivity index (χ3v) is 2.26. The molecule has 0 saturated heterocycles. The van der Waals surface area contributed by atoms with Crippen LogP contribution in [0.5, 0.6) is 0 Å². The summed E-state index contributed by atoms with van der Waals surface area (Å²) < 4.78 is 0. The first-order valence-corrected chi connectivity index (χ1v) is 4.43. The van der Waals surface area contributed by atoms with Crippen LogP contribution in [-0.4, -0.2) is 0 Å². The monoisotopic (exact) mass is 168 g/mol. The molecule has 0 heterocycles. The van der Waals surface area contributed by atoms with Crippen LogP contribution in [0.3, 0.4) is 0 Å². The molecular formula is C10H13Cl. The van der Waals surface area contributed by atoms with Crippen molar-refractivity contribution in [2.75, 3.05) is 0 Å². The van der Waals surface area contributed by atoms with E-state index in [1.54, 1.807) is 0 Å². The van der Waals surface area contributed by atoms with Crippen LogP contribution in [0.2, 0.25) is 5.02 Å². The lowest BCUT2D eigenvalue weighted by Crippen LogP contribution is -1.85. The largest absolute Gasteiger partial charge is 0.0840 e. The Hall–Kier alpha value is -0.490. The van der Waals surface area contributed by atoms with Gasteiger partial charge in [-0.05, 0) is 30.0 Å². The first-order valence-electron chi connectivity index (χ1n) is 4.05. The highest BCUT2D eigenvalue weighted by molar-refractivity contribution is 6.31. The number of rotatable bonds is 2. The molecule has 0 N–H and O–H groups in total. The smallest absolute Gasteiger partial charge is 0.0440 e. The van der Waals surface area contributed by atoms with E-state index in [1.807, 2.05) is 0 Å². The van der Waals surface area contributed by atoms with Gasteiger partial charge in [0.2, 0.25) is 0 Å². The minimum atomic E-state index is 0.909. The summed E-state index contributed by atoms with van der Waals surface area (Å²) in [5.74, 6) is 0. The summed E-state index contributed by atoms with van der Waals surface area (Å²) in [6.07, 6.45) is 2.08. The van der Waals surface area contributed by atoms with E-state index >= 15 is 0 Å². The Morgan fingerprint density at radius 1 is 1.18 bits per heavy atom. The third kappa shape index (κ3) is 1.97. The van der Waals surface area contributed by atoms with Crippen molar-refractivity contribution in [1.29, 1.82) is 0 Å². The zero-order valence-corrected chi connectivity index (χ0v) is 7.78. The molecule has 0 aliphatic rings. The molecule has 0 atom stereocenters. The average molecular weight is 169 g/mol. The van der Waals surface area contributed by atoms with Gasteiger partial charge in [0.15, 0.2) is 0 Å². The zero-order chi connectivity index (χ0) is 8.27. The topological polar surface area (TPSA) is 0 Å². The SMILES string of the molecule is CCc1ccc(CC)c(Cl)c1. The molecule has 0 nitrogen and oxygen atoms in total. The molecule has 0 aromatic heterocycles. The predicted molar refractivity (Wildman–Crippen MR) is 50.2 cm³/mol. The van der Waals surface area contributed by atoms with E-state index in [9.17, 15) is 0 Å². The standard InChI is InChI=1S/C10H13Cl/c1-3-8-5-6-9(4-2)10(11)7-8/h5-7H,3-4H2,1-2H3. The van der Waals surface area contributed by atoms with Crippen LogP contribution in [0.4, 0.5) is 0 Å². The van der Waals surface area contributed by atoms with E-state index in [0.29, 0.717) is 0 Å². The van der Waals surface area contributed by atoms with Gasteiger partial charge in [-0.3, -0.25) is 0 Å². The summed E-state index contributed by atoms with van der Waals surface area (Å²) in [6, 6.07) is 6.31. The van der Waals surface area contributed by atoms with Gasteiger partial charge in [-0.25, -0.2) is 0 Å². The van der Waals surface area contributed by atoms with Crippen LogP contribution in [-0.2, 0) is 12.8 Å². The maximum atomic E-state index is 6.01. The average Bonchev–Trinajstić information content (AvgIpc) is 2.04. The molecule has 1 aromatic carbocycles. The molecule has 0 radical (unpaired) electrons. The van der Waals surface area contributed by atoms with Crippen molar-refractivity contribution in [3.8, 4) is 0 Å². The van der Waals surface area contributed by atoms with Gasteiger partial charge in [-0.15, -0.1) is 0 Å². The van der Waals surface area contributed by atoms with Crippen LogP contribution in [0.25, 0.3) is 0 Å². The summed E-state index contributed by atoms with van der Waals surface area (Å²) in [5.41, 5.74) is 2.55. The quantitative estimate of drug-likeness (QED) is 0.635. The second kappa shape index (κ2) is 3.77. The fraction of sp³-hybridized carbons (Fsp3) is 0.400. The molecule has 1 heteroatoms. The zero-order valence-electron chi connectivity index (χ0n) is 7.02. The number of benzene rings is 1. The van der Waals surface area contributed by atoms with Gasteiger partial charge in [-0.2, -0.15) is 0 Å². The molecule has 60 valence electrons. The van der Waals surface area contributed by atoms with Crippen molar-refractivity contribution < 1.29 is 0 Å². The van der Waals surface area contributed by atoms with Gasteiger partial charge in [0.25, 0.3) is 0 Å². The third-order valence-electron chi connectivity index (χ3n) is 1.91. The minimum absolute atomic E-state index is 0.909. The molecule has 0 unspecified atom stereocenters. The molecular weight excluding hydrogens is 156 g/mol. The number of aryl methyl sites for hydroxylation is 2. The summed E-state index contributed by atoms with van der Waals surface area (Å²) >= 11 is 6.01. The Morgan fingerprint density at radius 3 is 2.36 bits per heavy atom. The maximum Gasteiger partial charge on any atom is 0.0440 e. The summed E-state index contributed by atoms with van der Waals surface area (Å²) in [4.78, 5) is 0. The van der Waals surface area contributed by atoms with Gasteiger partial charge in [-0.1, -0.05) is 37.6 Å². The second-order valence-corrected chi connectivity index (χ2v) is 3.04. The van der Waals surface area contributed by atoms with Crippen LogP contribution in [0.1, 0.15) is 25.0 Å². The lowest BCUT2D eigenvalue weighted by Gasteiger charge is -2.02. The van der Waals surface area contributed by atoms with Crippen LogP contribution < -0.4 is 0 Å². The number of hydrogen-bond donors (Lipinski definition) is 0. The van der Waals surface area contributed by atoms with Gasteiger partial charge >= 0.3 is 0 Å². The van der Waals surface area contributed by atoms with E-state index < -0.39 is 0 Å². The van der Waals surface area contributed by atoms with Crippen molar-refractivity contribution in [3.63, 3.8) is 0 Å². The van der Waals surface area contributed by atoms with Gasteiger partial charge in [0.1, 0.15) is 0 Å². The van der Waals surface area contributed by atoms with Crippen LogP contribution in [0.15, 0.2) is 18.2 Å². The van der Waals surface area contributed by atoms with Crippen molar-refractivity contribution in [2.24, 2.45) is 0 Å². The Morgan fingerprint density at radius 2 is 1.91 bits per heavy atom. The predicted octanol–water partition coefficient (Wildman–Crippen LogP) is 3.46. The molecule has 0 amide bonds. The van der Waals surface area contributed by atoms with Crippen molar-refractivity contribution in [3.05, 3.63) is 34.3 Å². The van der Waals surface area contributed by atoms with Gasteiger partial charge in [0, 0.05) is 5.02 Å². The molecule has 1 rings (SSSR count). The molecule has 0 aliphatic heterocycles. The Bertz CT molecular complexity index is 241. The molecule has 0 spiro atoms. The molecule has 0 bridgehead atoms. The van der Waals surface area contributed by atoms with E-state index in [0.717, 1.165) is 17.9 Å². The van der Waals surface area contributed by atoms with E-state index in [4.69, 9.17) is 11.6 Å². The van der Waals surface area contributed by atoms with Crippen molar-refractivity contribution in [2.45, 2.75) is 26.7 Å². The molecule has 11 heavy (non-hydrogen) atoms. The normalized spacial score (nSPS) is 10.1. The number of hydrogen-bond acceptors (Lipinski definition) is 0. The fourth-order valence-electron chi connectivity index (χ4n) is 1.10. The highest BCUT2D eigenvalue weighted by Crippen LogP contribution is 2.18. The van der Waals surface area contributed by atoms with Crippen molar-refractivity contribution in [1.82, 2.24) is 0 Å². The lowest BCUT2D eigenvalue weighted by molar-refractivity contribution is 1.10. The lowest BCUT2D eigenvalue weighted by atomic mass is 10.1. The first-order chi connectivity index (χ1) is 5.27. The first kappa shape index (κ1) is 8.61. The van der Waals surface area contributed by atoms with Gasteiger partial charge < -0.3 is 0 Å². The highest BCUT2D eigenvalue weighted by Gasteiger charge is 1.97. The summed E-state index contributed by atoms with van der Waals surface area (Å²) in [7, 11) is 0. The fourth-order valence-corrected chi connectivity index (χ4v) is 1.43. The van der Waals surface area contributed by atoms with Crippen LogP contribution >= 0.6 is 11.6 Å². The molecule has 0 fully saturated rings. The summed E-state index contributed by atoms with van der Waals surface area (Å²) in [5, 5.41) is 0.909. The highest BCUT2D eigenvalue weighted by atomic mass is 35.5. The van der Waals surface area contributed by atoms with Crippen molar-refractivity contribution >= 4 is 11.6 Å². The van der Waals surface area contributed by atoms with E-state index in [2.05, 4.69) is 32.0 Å². The number of halogens is 1. The second-order valence-electron chi connectivity index (χ2n) is 2.63.